The van der Waals surface area contributed by atoms with Gasteiger partial charge in [0.15, 0.2) is 0 Å². The average Bonchev–Trinajstić information content (AvgIpc) is 2.89. The minimum Gasteiger partial charge on any atom is -0.487 e. The lowest BCUT2D eigenvalue weighted by atomic mass is 9.85. The summed E-state index contributed by atoms with van der Waals surface area (Å²) in [6.07, 6.45) is 6.41. The molecule has 0 aromatic heterocycles. The van der Waals surface area contributed by atoms with Crippen LogP contribution < -0.4 is 14.4 Å². The van der Waals surface area contributed by atoms with Crippen LogP contribution in [0, 0.1) is 5.92 Å². The van der Waals surface area contributed by atoms with Gasteiger partial charge < -0.3 is 9.64 Å². The second-order valence-electron chi connectivity index (χ2n) is 9.97. The summed E-state index contributed by atoms with van der Waals surface area (Å²) in [5.74, 6) is 0.486. The molecule has 9 heteroatoms. The van der Waals surface area contributed by atoms with Crippen molar-refractivity contribution in [3.63, 3.8) is 0 Å². The molecule has 3 aromatic rings. The van der Waals surface area contributed by atoms with Crippen LogP contribution in [0.2, 0.25) is 10.0 Å². The van der Waals surface area contributed by atoms with Crippen molar-refractivity contribution in [2.45, 2.75) is 50.0 Å². The summed E-state index contributed by atoms with van der Waals surface area (Å²) >= 11 is 12.2. The molecule has 0 unspecified atom stereocenters. The number of rotatable bonds is 5. The number of fused-ring (bicyclic) bond motifs is 2. The Balaban J connectivity index is 1.46. The standard InChI is InChI=1S/C29H30Cl2N2O4S/c30-24-10-7-21(8-11-24)29(34)32-38(35,36)26-13-14-28-27(17-26)33(18-20-4-3-5-20)15-2-1-6-22-16-25(31)12-9-23(22)19-37-28/h7-14,16-17,20H,1-6,15,18-19H2,(H,32,34). The monoisotopic (exact) mass is 572 g/mol. The number of anilines is 1. The summed E-state index contributed by atoms with van der Waals surface area (Å²) in [6, 6.07) is 16.7. The molecule has 1 amide bonds. The number of nitrogens with zero attached hydrogens (tertiary/aromatic N) is 1. The minimum absolute atomic E-state index is 0.0165. The van der Waals surface area contributed by atoms with E-state index >= 15 is 0 Å². The Morgan fingerprint density at radius 1 is 0.921 bits per heavy atom. The smallest absolute Gasteiger partial charge is 0.264 e. The molecule has 1 saturated carbocycles. The topological polar surface area (TPSA) is 75.7 Å². The van der Waals surface area contributed by atoms with Gasteiger partial charge in [0.25, 0.3) is 15.9 Å². The molecular formula is C29H30Cl2N2O4S. The number of carbonyl (C=O) groups is 1. The molecule has 38 heavy (non-hydrogen) atoms. The number of amides is 1. The van der Waals surface area contributed by atoms with Crippen LogP contribution in [-0.2, 0) is 23.1 Å². The number of hydrogen-bond donors (Lipinski definition) is 1. The molecule has 1 heterocycles. The lowest BCUT2D eigenvalue weighted by Gasteiger charge is -2.34. The van der Waals surface area contributed by atoms with Crippen LogP contribution in [0.1, 0.15) is 53.6 Å². The van der Waals surface area contributed by atoms with Crippen molar-refractivity contribution in [1.29, 1.82) is 0 Å². The molecule has 200 valence electrons. The van der Waals surface area contributed by atoms with Crippen molar-refractivity contribution in [1.82, 2.24) is 4.72 Å². The summed E-state index contributed by atoms with van der Waals surface area (Å²) < 4.78 is 35.0. The van der Waals surface area contributed by atoms with Crippen LogP contribution in [0.4, 0.5) is 5.69 Å². The van der Waals surface area contributed by atoms with Crippen LogP contribution in [0.25, 0.3) is 0 Å². The molecule has 0 spiro atoms. The Morgan fingerprint density at radius 2 is 1.68 bits per heavy atom. The molecule has 0 bridgehead atoms. The highest BCUT2D eigenvalue weighted by Gasteiger charge is 2.26. The Kier molecular flexibility index (Phi) is 8.17. The van der Waals surface area contributed by atoms with Gasteiger partial charge >= 0.3 is 0 Å². The van der Waals surface area contributed by atoms with E-state index in [0.717, 1.165) is 43.6 Å². The fourth-order valence-electron chi connectivity index (χ4n) is 4.91. The van der Waals surface area contributed by atoms with E-state index in [4.69, 9.17) is 27.9 Å². The molecule has 6 nitrogen and oxygen atoms in total. The zero-order valence-electron chi connectivity index (χ0n) is 21.0. The van der Waals surface area contributed by atoms with Crippen molar-refractivity contribution < 1.29 is 17.9 Å². The lowest BCUT2D eigenvalue weighted by Crippen LogP contribution is -2.34. The molecule has 0 radical (unpaired) electrons. The number of carbonyl (C=O) groups excluding carboxylic acids is 1. The third-order valence-electron chi connectivity index (χ3n) is 7.29. The molecule has 1 aliphatic carbocycles. The maximum absolute atomic E-state index is 13.3. The zero-order chi connectivity index (χ0) is 26.7. The first-order chi connectivity index (χ1) is 18.3. The number of aryl methyl sites for hydroxylation is 1. The Hall–Kier alpha value is -2.74. The predicted octanol–water partition coefficient (Wildman–Crippen LogP) is 6.63. The normalized spacial score (nSPS) is 16.3. The number of halogens is 2. The van der Waals surface area contributed by atoms with Crippen LogP contribution >= 0.6 is 23.2 Å². The van der Waals surface area contributed by atoms with Gasteiger partial charge in [-0.3, -0.25) is 4.79 Å². The largest absolute Gasteiger partial charge is 0.487 e. The highest BCUT2D eigenvalue weighted by molar-refractivity contribution is 7.90. The van der Waals surface area contributed by atoms with Gasteiger partial charge in [0, 0.05) is 28.7 Å². The first-order valence-electron chi connectivity index (χ1n) is 12.9. The lowest BCUT2D eigenvalue weighted by molar-refractivity contribution is 0.0981. The third-order valence-corrected chi connectivity index (χ3v) is 9.11. The van der Waals surface area contributed by atoms with Crippen LogP contribution in [0.15, 0.2) is 65.6 Å². The van der Waals surface area contributed by atoms with E-state index in [1.54, 1.807) is 24.3 Å². The SMILES string of the molecule is O=C(NS(=O)(=O)c1ccc2c(c1)N(CC1CCC1)CCCCc1cc(Cl)ccc1CO2)c1ccc(Cl)cc1. The van der Waals surface area contributed by atoms with Gasteiger partial charge in [0.05, 0.1) is 10.6 Å². The summed E-state index contributed by atoms with van der Waals surface area (Å²) in [5, 5.41) is 1.17. The fraction of sp³-hybridized carbons (Fsp3) is 0.345. The second kappa shape index (κ2) is 11.6. The van der Waals surface area contributed by atoms with Crippen molar-refractivity contribution >= 4 is 44.8 Å². The van der Waals surface area contributed by atoms with E-state index < -0.39 is 15.9 Å². The fourth-order valence-corrected chi connectivity index (χ4v) is 6.23. The zero-order valence-corrected chi connectivity index (χ0v) is 23.3. The average molecular weight is 574 g/mol. The minimum atomic E-state index is -4.12. The molecule has 1 N–H and O–H groups in total. The van der Waals surface area contributed by atoms with E-state index in [2.05, 4.69) is 9.62 Å². The van der Waals surface area contributed by atoms with Gasteiger partial charge in [0.2, 0.25) is 0 Å². The van der Waals surface area contributed by atoms with Crippen molar-refractivity contribution in [2.75, 3.05) is 18.0 Å². The summed E-state index contributed by atoms with van der Waals surface area (Å²) in [6.45, 7) is 1.98. The second-order valence-corrected chi connectivity index (χ2v) is 12.5. The molecule has 3 aromatic carbocycles. The van der Waals surface area contributed by atoms with E-state index in [0.29, 0.717) is 28.3 Å². The number of ether oxygens (including phenoxy) is 1. The molecule has 1 aliphatic heterocycles. The van der Waals surface area contributed by atoms with Gasteiger partial charge in [-0.15, -0.1) is 0 Å². The van der Waals surface area contributed by atoms with Crippen molar-refractivity contribution in [2.24, 2.45) is 5.92 Å². The molecule has 0 saturated heterocycles. The maximum atomic E-state index is 13.3. The summed E-state index contributed by atoms with van der Waals surface area (Å²) in [4.78, 5) is 14.9. The Labute approximate surface area is 234 Å². The van der Waals surface area contributed by atoms with Crippen LogP contribution in [-0.4, -0.2) is 27.4 Å². The van der Waals surface area contributed by atoms with Gasteiger partial charge in [-0.2, -0.15) is 0 Å². The number of hydrogen-bond acceptors (Lipinski definition) is 5. The van der Waals surface area contributed by atoms with Gasteiger partial charge in [-0.1, -0.05) is 35.7 Å². The predicted molar refractivity (Wildman–Crippen MR) is 151 cm³/mol. The Bertz CT molecular complexity index is 1420. The van der Waals surface area contributed by atoms with E-state index in [-0.39, 0.29) is 10.5 Å². The quantitative estimate of drug-likeness (QED) is 0.371. The highest BCUT2D eigenvalue weighted by atomic mass is 35.5. The first kappa shape index (κ1) is 26.9. The Morgan fingerprint density at radius 3 is 2.42 bits per heavy atom. The number of benzene rings is 3. The van der Waals surface area contributed by atoms with Gasteiger partial charge in [-0.05, 0) is 104 Å². The highest BCUT2D eigenvalue weighted by Crippen LogP contribution is 2.36. The molecule has 2 aliphatic rings. The van der Waals surface area contributed by atoms with Gasteiger partial charge in [0.1, 0.15) is 12.4 Å². The molecule has 5 rings (SSSR count). The van der Waals surface area contributed by atoms with Crippen LogP contribution in [0.3, 0.4) is 0 Å². The van der Waals surface area contributed by atoms with Crippen LogP contribution in [0.5, 0.6) is 5.75 Å². The maximum Gasteiger partial charge on any atom is 0.264 e. The molecule has 1 fully saturated rings. The summed E-state index contributed by atoms with van der Waals surface area (Å²) in [7, 11) is -4.12. The first-order valence-corrected chi connectivity index (χ1v) is 15.1. The molecular weight excluding hydrogens is 543 g/mol. The van der Waals surface area contributed by atoms with E-state index in [9.17, 15) is 13.2 Å². The summed E-state index contributed by atoms with van der Waals surface area (Å²) in [5.41, 5.74) is 3.19. The van der Waals surface area contributed by atoms with Gasteiger partial charge in [-0.25, -0.2) is 13.1 Å². The number of sulfonamides is 1. The van der Waals surface area contributed by atoms with E-state index in [1.165, 1.54) is 43.0 Å². The molecule has 0 atom stereocenters. The van der Waals surface area contributed by atoms with Crippen molar-refractivity contribution in [3.05, 3.63) is 87.4 Å². The number of nitrogens with one attached hydrogen (secondary N) is 1. The van der Waals surface area contributed by atoms with E-state index in [1.807, 2.05) is 18.2 Å². The third kappa shape index (κ3) is 6.28. The van der Waals surface area contributed by atoms with Crippen molar-refractivity contribution in [3.8, 4) is 5.75 Å².